The second kappa shape index (κ2) is 5.15. The third-order valence-electron chi connectivity index (χ3n) is 2.61. The number of phenolic OH excluding ortho intramolecular Hbond substituents is 2. The van der Waals surface area contributed by atoms with Gasteiger partial charge in [-0.3, -0.25) is 4.72 Å². The van der Waals surface area contributed by atoms with Crippen LogP contribution in [-0.4, -0.2) is 16.2 Å². The number of benzene rings is 2. The minimum absolute atomic E-state index is 0.0247. The molecule has 7 heteroatoms. The molecule has 0 aliphatic carbocycles. The van der Waals surface area contributed by atoms with Crippen LogP contribution < -0.4 is 10.0 Å². The Morgan fingerprint density at radius 3 is 2.85 bits per heavy atom. The molecule has 0 saturated carbocycles. The van der Waals surface area contributed by atoms with Crippen molar-refractivity contribution >= 4 is 40.9 Å². The van der Waals surface area contributed by atoms with Gasteiger partial charge in [-0.25, -0.2) is 4.99 Å². The average Bonchev–Trinajstić information content (AvgIpc) is 2.39. The Labute approximate surface area is 124 Å². The Balaban J connectivity index is 1.91. The highest BCUT2D eigenvalue weighted by Gasteiger charge is 2.17. The molecular weight excluding hydrogens is 298 g/mol. The summed E-state index contributed by atoms with van der Waals surface area (Å²) in [5.74, 6) is 0.650. The van der Waals surface area contributed by atoms with Gasteiger partial charge in [-0.1, -0.05) is 17.7 Å². The van der Waals surface area contributed by atoms with Crippen LogP contribution in [0.2, 0.25) is 5.02 Å². The van der Waals surface area contributed by atoms with Crippen LogP contribution >= 0.6 is 23.5 Å². The minimum Gasteiger partial charge on any atom is -0.508 e. The largest absolute Gasteiger partial charge is 0.508 e. The normalized spacial score (nSPS) is 13.2. The second-order valence-corrected chi connectivity index (χ2v) is 5.40. The highest BCUT2D eigenvalue weighted by atomic mass is 35.5. The number of nitrogens with one attached hydrogen (secondary N) is 2. The van der Waals surface area contributed by atoms with Crippen molar-refractivity contribution in [3.8, 4) is 11.5 Å². The molecule has 2 aromatic rings. The number of fused-ring (bicyclic) bond motifs is 1. The molecule has 0 saturated heterocycles. The van der Waals surface area contributed by atoms with E-state index in [2.05, 4.69) is 15.0 Å². The second-order valence-electron chi connectivity index (χ2n) is 4.11. The quantitative estimate of drug-likeness (QED) is 0.607. The van der Waals surface area contributed by atoms with Gasteiger partial charge in [-0.05, 0) is 30.1 Å². The molecule has 1 aliphatic rings. The van der Waals surface area contributed by atoms with Crippen LogP contribution in [0.5, 0.6) is 11.5 Å². The molecule has 3 rings (SSSR count). The van der Waals surface area contributed by atoms with Gasteiger partial charge in [0.25, 0.3) is 0 Å². The summed E-state index contributed by atoms with van der Waals surface area (Å²) in [6.45, 7) is 0. The van der Waals surface area contributed by atoms with Gasteiger partial charge in [-0.2, -0.15) is 0 Å². The third kappa shape index (κ3) is 2.61. The molecule has 2 aromatic carbocycles. The summed E-state index contributed by atoms with van der Waals surface area (Å²) in [5, 5.41) is 22.8. The Bertz CT molecular complexity index is 706. The van der Waals surface area contributed by atoms with Crippen molar-refractivity contribution in [3.05, 3.63) is 41.4 Å². The summed E-state index contributed by atoms with van der Waals surface area (Å²) < 4.78 is 3.00. The number of anilines is 1. The van der Waals surface area contributed by atoms with Gasteiger partial charge in [0.1, 0.15) is 17.2 Å². The molecule has 1 aliphatic heterocycles. The molecular formula is C13H10ClN3O2S. The van der Waals surface area contributed by atoms with Gasteiger partial charge in [0.2, 0.25) is 5.96 Å². The molecule has 0 radical (unpaired) electrons. The number of halogens is 1. The molecule has 0 fully saturated rings. The molecule has 1 heterocycles. The molecule has 4 N–H and O–H groups in total. The SMILES string of the molecule is Oc1cccc(NC2=Nc3c(O)cc(Cl)cc3SN2)c1. The van der Waals surface area contributed by atoms with E-state index in [-0.39, 0.29) is 11.5 Å². The fourth-order valence-electron chi connectivity index (χ4n) is 1.76. The zero-order chi connectivity index (χ0) is 14.1. The summed E-state index contributed by atoms with van der Waals surface area (Å²) in [4.78, 5) is 5.04. The molecule has 0 bridgehead atoms. The number of nitrogens with zero attached hydrogens (tertiary/aromatic N) is 1. The first-order valence-corrected chi connectivity index (χ1v) is 6.91. The predicted octanol–water partition coefficient (Wildman–Crippen LogP) is 3.46. The molecule has 0 amide bonds. The van der Waals surface area contributed by atoms with Crippen LogP contribution in [0, 0.1) is 0 Å². The lowest BCUT2D eigenvalue weighted by Gasteiger charge is -2.18. The van der Waals surface area contributed by atoms with Gasteiger partial charge in [0.15, 0.2) is 0 Å². The molecule has 0 spiro atoms. The van der Waals surface area contributed by atoms with E-state index in [4.69, 9.17) is 11.6 Å². The van der Waals surface area contributed by atoms with Gasteiger partial charge in [0, 0.05) is 22.8 Å². The van der Waals surface area contributed by atoms with Crippen molar-refractivity contribution in [3.63, 3.8) is 0 Å². The van der Waals surface area contributed by atoms with Crippen LogP contribution in [0.3, 0.4) is 0 Å². The summed E-state index contributed by atoms with van der Waals surface area (Å²) >= 11 is 7.17. The third-order valence-corrected chi connectivity index (χ3v) is 3.65. The summed E-state index contributed by atoms with van der Waals surface area (Å²) in [6.07, 6.45) is 0. The van der Waals surface area contributed by atoms with Gasteiger partial charge in [0.05, 0.1) is 4.90 Å². The number of aliphatic imine (C=N–C) groups is 1. The topological polar surface area (TPSA) is 76.9 Å². The van der Waals surface area contributed by atoms with Crippen molar-refractivity contribution in [2.75, 3.05) is 5.32 Å². The molecule has 20 heavy (non-hydrogen) atoms. The fraction of sp³-hybridized carbons (Fsp3) is 0. The molecule has 0 unspecified atom stereocenters. The first-order valence-electron chi connectivity index (χ1n) is 5.72. The van der Waals surface area contributed by atoms with E-state index in [0.717, 1.165) is 4.90 Å². The van der Waals surface area contributed by atoms with E-state index in [0.29, 0.717) is 22.4 Å². The van der Waals surface area contributed by atoms with E-state index in [1.54, 1.807) is 30.3 Å². The zero-order valence-electron chi connectivity index (χ0n) is 10.1. The van der Waals surface area contributed by atoms with E-state index in [9.17, 15) is 10.2 Å². The predicted molar refractivity (Wildman–Crippen MR) is 80.9 cm³/mol. The summed E-state index contributed by atoms with van der Waals surface area (Å²) in [6, 6.07) is 9.85. The first-order chi connectivity index (χ1) is 9.61. The van der Waals surface area contributed by atoms with Crippen molar-refractivity contribution in [1.82, 2.24) is 4.72 Å². The van der Waals surface area contributed by atoms with E-state index < -0.39 is 0 Å². The average molecular weight is 308 g/mol. The number of phenols is 2. The molecule has 0 aromatic heterocycles. The smallest absolute Gasteiger partial charge is 0.211 e. The van der Waals surface area contributed by atoms with Gasteiger partial charge < -0.3 is 15.5 Å². The maximum absolute atomic E-state index is 9.86. The molecule has 5 nitrogen and oxygen atoms in total. The maximum atomic E-state index is 9.86. The Morgan fingerprint density at radius 1 is 1.20 bits per heavy atom. The maximum Gasteiger partial charge on any atom is 0.211 e. The minimum atomic E-state index is 0.0247. The zero-order valence-corrected chi connectivity index (χ0v) is 11.7. The fourth-order valence-corrected chi connectivity index (χ4v) is 2.78. The highest BCUT2D eigenvalue weighted by molar-refractivity contribution is 7.98. The number of hydrogen-bond donors (Lipinski definition) is 4. The van der Waals surface area contributed by atoms with Crippen LogP contribution in [0.1, 0.15) is 0 Å². The summed E-state index contributed by atoms with van der Waals surface area (Å²) in [7, 11) is 0. The Hall–Kier alpha value is -2.05. The Morgan fingerprint density at radius 2 is 2.05 bits per heavy atom. The number of hydrogen-bond acceptors (Lipinski definition) is 6. The van der Waals surface area contributed by atoms with Crippen LogP contribution in [0.15, 0.2) is 46.3 Å². The lowest BCUT2D eigenvalue weighted by atomic mass is 10.3. The number of rotatable bonds is 1. The highest BCUT2D eigenvalue weighted by Crippen LogP contribution is 2.41. The van der Waals surface area contributed by atoms with E-state index in [1.165, 1.54) is 18.0 Å². The molecule has 102 valence electrons. The molecule has 0 atom stereocenters. The lowest BCUT2D eigenvalue weighted by molar-refractivity contribution is 0.475. The van der Waals surface area contributed by atoms with Crippen molar-refractivity contribution in [2.45, 2.75) is 4.90 Å². The van der Waals surface area contributed by atoms with E-state index in [1.807, 2.05) is 0 Å². The van der Waals surface area contributed by atoms with Gasteiger partial charge in [-0.15, -0.1) is 0 Å². The van der Waals surface area contributed by atoms with Crippen LogP contribution in [0.4, 0.5) is 11.4 Å². The van der Waals surface area contributed by atoms with E-state index >= 15 is 0 Å². The number of aromatic hydroxyl groups is 2. The monoisotopic (exact) mass is 307 g/mol. The van der Waals surface area contributed by atoms with Crippen LogP contribution in [-0.2, 0) is 0 Å². The van der Waals surface area contributed by atoms with Crippen LogP contribution in [0.25, 0.3) is 0 Å². The standard InChI is InChI=1S/C13H10ClN3O2S/c14-7-4-10(19)12-11(5-7)20-17-13(16-12)15-8-2-1-3-9(18)6-8/h1-6,18-19H,(H2,15,16,17). The first kappa shape index (κ1) is 13.0. The Kier molecular flexibility index (Phi) is 3.33. The van der Waals surface area contributed by atoms with Crippen molar-refractivity contribution in [2.24, 2.45) is 4.99 Å². The van der Waals surface area contributed by atoms with Crippen molar-refractivity contribution in [1.29, 1.82) is 0 Å². The summed E-state index contributed by atoms with van der Waals surface area (Å²) in [5.41, 5.74) is 1.15. The number of guanidine groups is 1. The van der Waals surface area contributed by atoms with Crippen molar-refractivity contribution < 1.29 is 10.2 Å². The lowest BCUT2D eigenvalue weighted by Crippen LogP contribution is -2.26. The van der Waals surface area contributed by atoms with Gasteiger partial charge >= 0.3 is 0 Å².